The Kier molecular flexibility index (Phi) is 8.12. The fourth-order valence-electron chi connectivity index (χ4n) is 0.159. The summed E-state index contributed by atoms with van der Waals surface area (Å²) < 4.78 is 0. The van der Waals surface area contributed by atoms with Crippen molar-refractivity contribution in [3.05, 3.63) is 12.8 Å². The average molecular weight is 138 g/mol. The van der Waals surface area contributed by atoms with Crippen LogP contribution in [-0.4, -0.2) is 17.6 Å². The minimum Gasteiger partial charge on any atom is -0.480 e. The van der Waals surface area contributed by atoms with Gasteiger partial charge in [-0.25, -0.2) is 0 Å². The lowest BCUT2D eigenvalue weighted by Crippen LogP contribution is -2.15. The molecule has 0 saturated carbocycles. The molecule has 3 nitrogen and oxygen atoms in total. The SMILES string of the molecule is C=CNCC(=O)O.Cl. The summed E-state index contributed by atoms with van der Waals surface area (Å²) in [6.45, 7) is 3.21. The predicted molar refractivity (Wildman–Crippen MR) is 33.1 cm³/mol. The van der Waals surface area contributed by atoms with Crippen molar-refractivity contribution >= 4 is 18.4 Å². The number of aliphatic carboxylic acids is 1. The third-order valence-electron chi connectivity index (χ3n) is 0.398. The zero-order valence-electron chi connectivity index (χ0n) is 4.26. The Labute approximate surface area is 53.8 Å². The first kappa shape index (κ1) is 10.3. The predicted octanol–water partition coefficient (Wildman–Crippen LogP) is 0.226. The molecule has 0 aromatic carbocycles. The second-order valence-corrected chi connectivity index (χ2v) is 0.979. The van der Waals surface area contributed by atoms with Gasteiger partial charge in [-0.3, -0.25) is 4.79 Å². The summed E-state index contributed by atoms with van der Waals surface area (Å²) >= 11 is 0. The van der Waals surface area contributed by atoms with Crippen LogP contribution in [0.25, 0.3) is 0 Å². The lowest BCUT2D eigenvalue weighted by molar-refractivity contribution is -0.135. The number of hydrogen-bond donors (Lipinski definition) is 2. The highest BCUT2D eigenvalue weighted by Gasteiger charge is 1.87. The Hall–Kier alpha value is -0.700. The van der Waals surface area contributed by atoms with Crippen LogP contribution in [0.2, 0.25) is 0 Å². The molecule has 0 aliphatic carbocycles. The lowest BCUT2D eigenvalue weighted by atomic mass is 10.7. The highest BCUT2D eigenvalue weighted by Crippen LogP contribution is 1.56. The molecular formula is C4H8ClNO2. The molecule has 0 amide bonds. The van der Waals surface area contributed by atoms with E-state index in [4.69, 9.17) is 5.11 Å². The normalized spacial score (nSPS) is 6.50. The van der Waals surface area contributed by atoms with Gasteiger partial charge in [0.25, 0.3) is 0 Å². The van der Waals surface area contributed by atoms with E-state index >= 15 is 0 Å². The van der Waals surface area contributed by atoms with Gasteiger partial charge >= 0.3 is 5.97 Å². The van der Waals surface area contributed by atoms with Crippen molar-refractivity contribution in [1.82, 2.24) is 5.32 Å². The van der Waals surface area contributed by atoms with E-state index in [-0.39, 0.29) is 19.0 Å². The summed E-state index contributed by atoms with van der Waals surface area (Å²) in [6, 6.07) is 0. The molecule has 0 rings (SSSR count). The summed E-state index contributed by atoms with van der Waals surface area (Å²) in [7, 11) is 0. The van der Waals surface area contributed by atoms with Crippen LogP contribution in [0.4, 0.5) is 0 Å². The van der Waals surface area contributed by atoms with Gasteiger partial charge in [-0.15, -0.1) is 12.4 Å². The minimum atomic E-state index is -0.875. The maximum atomic E-state index is 9.65. The Balaban J connectivity index is 0. The molecule has 0 bridgehead atoms. The first-order chi connectivity index (χ1) is 3.27. The number of carbonyl (C=O) groups is 1. The number of rotatable bonds is 3. The van der Waals surface area contributed by atoms with Gasteiger partial charge in [-0.1, -0.05) is 6.58 Å². The fraction of sp³-hybridized carbons (Fsp3) is 0.250. The molecule has 0 fully saturated rings. The molecule has 0 aliphatic rings. The summed E-state index contributed by atoms with van der Waals surface area (Å²) in [4.78, 5) is 9.65. The topological polar surface area (TPSA) is 49.3 Å². The molecule has 0 atom stereocenters. The van der Waals surface area contributed by atoms with E-state index in [2.05, 4.69) is 11.9 Å². The molecule has 0 aromatic heterocycles. The van der Waals surface area contributed by atoms with E-state index in [0.29, 0.717) is 0 Å². The largest absolute Gasteiger partial charge is 0.480 e. The van der Waals surface area contributed by atoms with Crippen LogP contribution in [0, 0.1) is 0 Å². The van der Waals surface area contributed by atoms with E-state index < -0.39 is 5.97 Å². The summed E-state index contributed by atoms with van der Waals surface area (Å²) in [5.41, 5.74) is 0. The Bertz CT molecular complexity index is 84.1. The van der Waals surface area contributed by atoms with Crippen molar-refractivity contribution in [2.24, 2.45) is 0 Å². The summed E-state index contributed by atoms with van der Waals surface area (Å²) in [5.74, 6) is -0.875. The molecule has 8 heavy (non-hydrogen) atoms. The number of halogens is 1. The highest BCUT2D eigenvalue weighted by atomic mass is 35.5. The van der Waals surface area contributed by atoms with Crippen molar-refractivity contribution in [2.75, 3.05) is 6.54 Å². The smallest absolute Gasteiger partial charge is 0.322 e. The van der Waals surface area contributed by atoms with E-state index in [0.717, 1.165) is 0 Å². The zero-order valence-corrected chi connectivity index (χ0v) is 5.07. The molecule has 2 N–H and O–H groups in total. The fourth-order valence-corrected chi connectivity index (χ4v) is 0.159. The molecule has 0 saturated heterocycles. The van der Waals surface area contributed by atoms with Crippen molar-refractivity contribution in [1.29, 1.82) is 0 Å². The van der Waals surface area contributed by atoms with Crippen LogP contribution in [-0.2, 0) is 4.79 Å². The third kappa shape index (κ3) is 9.00. The van der Waals surface area contributed by atoms with Gasteiger partial charge in [-0.05, 0) is 6.20 Å². The van der Waals surface area contributed by atoms with Crippen LogP contribution in [0.3, 0.4) is 0 Å². The van der Waals surface area contributed by atoms with Gasteiger partial charge in [0.05, 0.1) is 0 Å². The van der Waals surface area contributed by atoms with Crippen molar-refractivity contribution in [2.45, 2.75) is 0 Å². The van der Waals surface area contributed by atoms with Gasteiger partial charge < -0.3 is 10.4 Å². The zero-order chi connectivity index (χ0) is 5.70. The molecule has 0 aromatic rings. The quantitative estimate of drug-likeness (QED) is 0.586. The van der Waals surface area contributed by atoms with Gasteiger partial charge in [0, 0.05) is 0 Å². The molecular weight excluding hydrogens is 130 g/mol. The Morgan fingerprint density at radius 3 is 2.50 bits per heavy atom. The number of nitrogens with one attached hydrogen (secondary N) is 1. The van der Waals surface area contributed by atoms with Gasteiger partial charge in [0.15, 0.2) is 0 Å². The van der Waals surface area contributed by atoms with Crippen LogP contribution in [0.5, 0.6) is 0 Å². The molecule has 48 valence electrons. The van der Waals surface area contributed by atoms with Crippen LogP contribution < -0.4 is 5.32 Å². The average Bonchev–Trinajstić information content (AvgIpc) is 1.61. The first-order valence-corrected chi connectivity index (χ1v) is 1.83. The van der Waals surface area contributed by atoms with Crippen molar-refractivity contribution in [3.8, 4) is 0 Å². The molecule has 0 heterocycles. The molecule has 0 spiro atoms. The standard InChI is InChI=1S/C4H7NO2.ClH/c1-2-5-3-4(6)7;/h2,5H,1,3H2,(H,6,7);1H. The first-order valence-electron chi connectivity index (χ1n) is 1.83. The van der Waals surface area contributed by atoms with Crippen LogP contribution in [0.15, 0.2) is 12.8 Å². The minimum absolute atomic E-state index is 0. The van der Waals surface area contributed by atoms with Crippen LogP contribution >= 0.6 is 12.4 Å². The molecule has 4 heteroatoms. The van der Waals surface area contributed by atoms with E-state index in [9.17, 15) is 4.79 Å². The monoisotopic (exact) mass is 137 g/mol. The number of carboxylic acid groups (broad SMARTS) is 1. The van der Waals surface area contributed by atoms with Crippen LogP contribution in [0.1, 0.15) is 0 Å². The second-order valence-electron chi connectivity index (χ2n) is 0.979. The van der Waals surface area contributed by atoms with Gasteiger partial charge in [-0.2, -0.15) is 0 Å². The second kappa shape index (κ2) is 6.30. The third-order valence-corrected chi connectivity index (χ3v) is 0.398. The van der Waals surface area contributed by atoms with Crippen molar-refractivity contribution < 1.29 is 9.90 Å². The van der Waals surface area contributed by atoms with E-state index in [1.807, 2.05) is 0 Å². The van der Waals surface area contributed by atoms with E-state index in [1.54, 1.807) is 0 Å². The molecule has 0 unspecified atom stereocenters. The maximum Gasteiger partial charge on any atom is 0.322 e. The van der Waals surface area contributed by atoms with E-state index in [1.165, 1.54) is 6.20 Å². The lowest BCUT2D eigenvalue weighted by Gasteiger charge is -1.88. The molecule has 0 radical (unpaired) electrons. The highest BCUT2D eigenvalue weighted by molar-refractivity contribution is 5.85. The summed E-state index contributed by atoms with van der Waals surface area (Å²) in [5, 5.41) is 10.3. The van der Waals surface area contributed by atoms with Crippen molar-refractivity contribution in [3.63, 3.8) is 0 Å². The van der Waals surface area contributed by atoms with Gasteiger partial charge in [0.1, 0.15) is 6.54 Å². The molecule has 0 aliphatic heterocycles. The number of carboxylic acids is 1. The maximum absolute atomic E-state index is 9.65. The summed E-state index contributed by atoms with van der Waals surface area (Å²) in [6.07, 6.45) is 1.34. The van der Waals surface area contributed by atoms with Gasteiger partial charge in [0.2, 0.25) is 0 Å². The Morgan fingerprint density at radius 2 is 2.38 bits per heavy atom. The Morgan fingerprint density at radius 1 is 1.88 bits per heavy atom. The number of hydrogen-bond acceptors (Lipinski definition) is 2.